The zero-order valence-electron chi connectivity index (χ0n) is 1.86. The Morgan fingerprint density at radius 1 is 0.400 bits per heavy atom. The molecule has 0 aliphatic carbocycles. The van der Waals surface area contributed by atoms with Crippen LogP contribution < -0.4 is 0 Å². The van der Waals surface area contributed by atoms with Crippen molar-refractivity contribution in [3.63, 3.8) is 0 Å². The molecule has 0 aliphatic rings. The second-order valence-electron chi connectivity index (χ2n) is 0. The molecule has 0 saturated carbocycles. The minimum atomic E-state index is 0. The summed E-state index contributed by atoms with van der Waals surface area (Å²) in [6, 6.07) is 0. The molecule has 0 spiro atoms. The van der Waals surface area contributed by atoms with E-state index >= 15 is 0 Å². The fraction of sp³-hybridized carbons (Fsp3) is 0. The first-order valence-electron chi connectivity index (χ1n) is 0. The first kappa shape index (κ1) is 52.1. The van der Waals surface area contributed by atoms with Gasteiger partial charge in [-0.2, -0.15) is 0 Å². The molecule has 0 aliphatic heterocycles. The average molecular weight is 376 g/mol. The molecule has 2 radical (unpaired) electrons. The summed E-state index contributed by atoms with van der Waals surface area (Å²) in [6.07, 6.45) is 0. The van der Waals surface area contributed by atoms with Crippen molar-refractivity contribution in [1.82, 2.24) is 0 Å². The van der Waals surface area contributed by atoms with Crippen LogP contribution in [0.2, 0.25) is 0 Å². The molecule has 0 unspecified atom stereocenters. The maximum Gasteiger partial charge on any atom is 3.00 e. The molecule has 0 atom stereocenters. The first-order chi connectivity index (χ1) is 0. The Morgan fingerprint density at radius 3 is 0.400 bits per heavy atom. The number of hydrogen-bond acceptors (Lipinski definition) is 0. The molecule has 5 heteroatoms. The van der Waals surface area contributed by atoms with E-state index in [-0.39, 0.29) is 92.8 Å². The van der Waals surface area contributed by atoms with Crippen LogP contribution in [0.4, 0.5) is 0 Å². The predicted octanol–water partition coefficient (Wildman–Crippen LogP) is -0.356. The molecule has 0 N–H and O–H groups in total. The van der Waals surface area contributed by atoms with Crippen molar-refractivity contribution in [3.8, 4) is 0 Å². The minimum absolute atomic E-state index is 0. The van der Waals surface area contributed by atoms with E-state index in [0.29, 0.717) is 0 Å². The third-order valence-electron chi connectivity index (χ3n) is 0. The Bertz CT molecular complexity index is 4.85. The summed E-state index contributed by atoms with van der Waals surface area (Å²) in [5.41, 5.74) is 0. The second-order valence-corrected chi connectivity index (χ2v) is 0. The fourth-order valence-corrected chi connectivity index (χ4v) is 0. The maximum absolute atomic E-state index is 0. The molecule has 0 aromatic rings. The molecule has 0 heterocycles. The summed E-state index contributed by atoms with van der Waals surface area (Å²) in [7, 11) is 0. The Hall–Kier alpha value is 2.43. The van der Waals surface area contributed by atoms with Crippen molar-refractivity contribution in [2.24, 2.45) is 0 Å². The van der Waals surface area contributed by atoms with Crippen molar-refractivity contribution >= 4 is 0 Å². The molecule has 0 bridgehead atoms. The predicted molar refractivity (Wildman–Crippen MR) is 2.06 cm³/mol. The van der Waals surface area contributed by atoms with Gasteiger partial charge in [-0.25, -0.2) is 0 Å². The monoisotopic (exact) mass is 376 g/mol. The van der Waals surface area contributed by atoms with Crippen molar-refractivity contribution < 1.29 is 92.8 Å². The molecule has 38 valence electrons. The van der Waals surface area contributed by atoms with Crippen molar-refractivity contribution in [2.75, 3.05) is 0 Å². The van der Waals surface area contributed by atoms with Gasteiger partial charge in [-0.3, -0.25) is 0 Å². The van der Waals surface area contributed by atoms with Gasteiger partial charge in [0.25, 0.3) is 0 Å². The summed E-state index contributed by atoms with van der Waals surface area (Å²) in [4.78, 5) is 0. The van der Waals surface area contributed by atoms with E-state index in [4.69, 9.17) is 0 Å². The molecule has 0 rings (SSSR count). The topological polar surface area (TPSA) is 85.5 Å². The SMILES string of the molecule is [164Dy+3].[164Dy+3].[O-2].[O-2].[O-2]. The van der Waals surface area contributed by atoms with Gasteiger partial charge in [0.2, 0.25) is 0 Å². The molecule has 5 heavy (non-hydrogen) atoms. The zero-order chi connectivity index (χ0) is 0. The Kier molecular flexibility index (Phi) is 335. The van der Waals surface area contributed by atoms with Gasteiger partial charge < -0.3 is 16.4 Å². The smallest absolute Gasteiger partial charge is 2.00 e. The summed E-state index contributed by atoms with van der Waals surface area (Å²) in [5, 5.41) is 0. The summed E-state index contributed by atoms with van der Waals surface area (Å²) in [5.74, 6) is 0. The van der Waals surface area contributed by atoms with Crippen LogP contribution in [0.15, 0.2) is 0 Å². The Labute approximate surface area is 90.9 Å². The van der Waals surface area contributed by atoms with E-state index in [0.717, 1.165) is 0 Å². The average Bonchev–Trinajstić information content (AvgIpc) is 0. The third kappa shape index (κ3) is 21.4. The summed E-state index contributed by atoms with van der Waals surface area (Å²) >= 11 is 0. The van der Waals surface area contributed by atoms with Crippen LogP contribution in [0.25, 0.3) is 0 Å². The second kappa shape index (κ2) is 32.2. The van der Waals surface area contributed by atoms with Gasteiger partial charge in [-0.1, -0.05) is 0 Å². The van der Waals surface area contributed by atoms with Crippen LogP contribution in [-0.4, -0.2) is 0 Å². The summed E-state index contributed by atoms with van der Waals surface area (Å²) in [6.45, 7) is 0. The Balaban J connectivity index is 0. The van der Waals surface area contributed by atoms with E-state index in [1.807, 2.05) is 0 Å². The first-order valence-corrected chi connectivity index (χ1v) is 0. The molecule has 0 saturated heterocycles. The van der Waals surface area contributed by atoms with E-state index < -0.39 is 0 Å². The molecular weight excluding hydrogens is 376 g/mol. The van der Waals surface area contributed by atoms with Crippen LogP contribution in [0.3, 0.4) is 0 Å². The van der Waals surface area contributed by atoms with Crippen LogP contribution in [0, 0.1) is 76.3 Å². The van der Waals surface area contributed by atoms with Crippen molar-refractivity contribution in [3.05, 3.63) is 0 Å². The standard InChI is InChI=1S/2Dy.3O/q2*+3;3*-2/i2*1+1;;;. The molecule has 0 amide bonds. The molecule has 0 fully saturated rings. The quantitative estimate of drug-likeness (QED) is 0.554. The fourth-order valence-electron chi connectivity index (χ4n) is 0. The summed E-state index contributed by atoms with van der Waals surface area (Å²) < 4.78 is 0. The zero-order valence-corrected chi connectivity index (χ0v) is 5.92. The molecule has 0 aromatic carbocycles. The van der Waals surface area contributed by atoms with Gasteiger partial charge in [-0.05, 0) is 0 Å². The van der Waals surface area contributed by atoms with Gasteiger partial charge in [0.15, 0.2) is 0 Å². The molecular formula is Dy2O3. The van der Waals surface area contributed by atoms with Crippen LogP contribution >= 0.6 is 0 Å². The number of hydrogen-bond donors (Lipinski definition) is 0. The van der Waals surface area contributed by atoms with Crippen LogP contribution in [0.1, 0.15) is 0 Å². The van der Waals surface area contributed by atoms with E-state index in [9.17, 15) is 0 Å². The van der Waals surface area contributed by atoms with Gasteiger partial charge in [0.05, 0.1) is 0 Å². The van der Waals surface area contributed by atoms with E-state index in [1.165, 1.54) is 0 Å². The number of rotatable bonds is 0. The molecule has 3 nitrogen and oxygen atoms in total. The van der Waals surface area contributed by atoms with Crippen LogP contribution in [-0.2, 0) is 16.4 Å². The van der Waals surface area contributed by atoms with Crippen LogP contribution in [0.5, 0.6) is 0 Å². The van der Waals surface area contributed by atoms with Gasteiger partial charge in [-0.15, -0.1) is 0 Å². The molecule has 0 aromatic heterocycles. The largest absolute Gasteiger partial charge is 3.00 e. The third-order valence-corrected chi connectivity index (χ3v) is 0. The van der Waals surface area contributed by atoms with E-state index in [2.05, 4.69) is 0 Å². The Morgan fingerprint density at radius 2 is 0.400 bits per heavy atom. The van der Waals surface area contributed by atoms with Gasteiger partial charge in [0.1, 0.15) is 0 Å². The van der Waals surface area contributed by atoms with Crippen molar-refractivity contribution in [1.29, 1.82) is 0 Å². The van der Waals surface area contributed by atoms with E-state index in [1.54, 1.807) is 0 Å². The van der Waals surface area contributed by atoms with Gasteiger partial charge >= 0.3 is 76.3 Å². The minimum Gasteiger partial charge on any atom is -2.00 e. The van der Waals surface area contributed by atoms with Crippen molar-refractivity contribution in [2.45, 2.75) is 0 Å². The van der Waals surface area contributed by atoms with Gasteiger partial charge in [0, 0.05) is 0 Å². The normalized spacial score (nSPS) is 0. The maximum atomic E-state index is 0.